The molecule has 2 rings (SSSR count). The number of hydrogen-bond donors (Lipinski definition) is 1. The van der Waals surface area contributed by atoms with Crippen LogP contribution in [0.1, 0.15) is 58.9 Å². The number of benzene rings is 1. The molecule has 0 spiro atoms. The molecule has 21 heavy (non-hydrogen) atoms. The number of nitrogens with one attached hydrogen (secondary N) is 1. The zero-order valence-electron chi connectivity index (χ0n) is 13.9. The SMILES string of the molecule is CC1CCCCCN1c1c(F)cccc1CNC(C)(C)C. The zero-order chi connectivity index (χ0) is 15.5. The number of para-hydroxylation sites is 1. The summed E-state index contributed by atoms with van der Waals surface area (Å²) in [6, 6.07) is 5.88. The molecule has 2 nitrogen and oxygen atoms in total. The first kappa shape index (κ1) is 16.3. The topological polar surface area (TPSA) is 15.3 Å². The predicted octanol–water partition coefficient (Wildman–Crippen LogP) is 4.48. The molecule has 0 bridgehead atoms. The minimum Gasteiger partial charge on any atom is -0.366 e. The van der Waals surface area contributed by atoms with Crippen LogP contribution in [0.5, 0.6) is 0 Å². The van der Waals surface area contributed by atoms with Gasteiger partial charge in [0.05, 0.1) is 5.69 Å². The van der Waals surface area contributed by atoms with E-state index in [1.165, 1.54) is 12.8 Å². The van der Waals surface area contributed by atoms with Crippen LogP contribution in [0.15, 0.2) is 18.2 Å². The van der Waals surface area contributed by atoms with Crippen molar-refractivity contribution in [1.82, 2.24) is 5.32 Å². The van der Waals surface area contributed by atoms with Gasteiger partial charge in [0.1, 0.15) is 5.82 Å². The normalized spacial score (nSPS) is 20.4. The molecule has 118 valence electrons. The molecule has 1 aliphatic heterocycles. The molecule has 0 saturated carbocycles. The highest BCUT2D eigenvalue weighted by molar-refractivity contribution is 5.55. The largest absolute Gasteiger partial charge is 0.366 e. The van der Waals surface area contributed by atoms with Crippen molar-refractivity contribution in [3.63, 3.8) is 0 Å². The maximum absolute atomic E-state index is 14.5. The van der Waals surface area contributed by atoms with Crippen molar-refractivity contribution in [2.24, 2.45) is 0 Å². The van der Waals surface area contributed by atoms with E-state index in [0.29, 0.717) is 12.6 Å². The lowest BCUT2D eigenvalue weighted by molar-refractivity contribution is 0.423. The fraction of sp³-hybridized carbons (Fsp3) is 0.667. The summed E-state index contributed by atoms with van der Waals surface area (Å²) in [5, 5.41) is 3.48. The first-order valence-corrected chi connectivity index (χ1v) is 8.17. The molecular weight excluding hydrogens is 263 g/mol. The molecule has 1 atom stereocenters. The Morgan fingerprint density at radius 1 is 1.24 bits per heavy atom. The fourth-order valence-corrected chi connectivity index (χ4v) is 2.99. The Kier molecular flexibility index (Phi) is 5.26. The van der Waals surface area contributed by atoms with Gasteiger partial charge >= 0.3 is 0 Å². The van der Waals surface area contributed by atoms with Crippen molar-refractivity contribution in [1.29, 1.82) is 0 Å². The van der Waals surface area contributed by atoms with Crippen LogP contribution in [0.25, 0.3) is 0 Å². The van der Waals surface area contributed by atoms with E-state index < -0.39 is 0 Å². The molecule has 1 unspecified atom stereocenters. The van der Waals surface area contributed by atoms with Crippen LogP contribution < -0.4 is 10.2 Å². The smallest absolute Gasteiger partial charge is 0.146 e. The van der Waals surface area contributed by atoms with Crippen molar-refractivity contribution in [3.8, 4) is 0 Å². The highest BCUT2D eigenvalue weighted by Gasteiger charge is 2.23. The Hall–Kier alpha value is -1.09. The summed E-state index contributed by atoms with van der Waals surface area (Å²) < 4.78 is 14.5. The number of hydrogen-bond acceptors (Lipinski definition) is 2. The quantitative estimate of drug-likeness (QED) is 0.883. The van der Waals surface area contributed by atoms with E-state index in [1.54, 1.807) is 6.07 Å². The van der Waals surface area contributed by atoms with E-state index in [0.717, 1.165) is 30.6 Å². The summed E-state index contributed by atoms with van der Waals surface area (Å²) >= 11 is 0. The number of halogens is 1. The number of anilines is 1. The third-order valence-corrected chi connectivity index (χ3v) is 4.22. The van der Waals surface area contributed by atoms with Crippen molar-refractivity contribution in [3.05, 3.63) is 29.6 Å². The van der Waals surface area contributed by atoms with Crippen LogP contribution in [0.2, 0.25) is 0 Å². The molecule has 1 aromatic rings. The van der Waals surface area contributed by atoms with Gasteiger partial charge in [-0.15, -0.1) is 0 Å². The monoisotopic (exact) mass is 292 g/mol. The summed E-state index contributed by atoms with van der Waals surface area (Å²) in [4.78, 5) is 2.28. The molecule has 1 aromatic carbocycles. The second-order valence-corrected chi connectivity index (χ2v) is 7.24. The highest BCUT2D eigenvalue weighted by atomic mass is 19.1. The first-order chi connectivity index (χ1) is 9.88. The molecule has 0 radical (unpaired) electrons. The van der Waals surface area contributed by atoms with Gasteiger partial charge in [0.2, 0.25) is 0 Å². The molecule has 0 aromatic heterocycles. The third kappa shape index (κ3) is 4.44. The molecular formula is C18H29FN2. The Morgan fingerprint density at radius 2 is 2.00 bits per heavy atom. The van der Waals surface area contributed by atoms with Crippen molar-refractivity contribution < 1.29 is 4.39 Å². The standard InChI is InChI=1S/C18H29FN2/c1-14-9-6-5-7-12-21(14)17-15(10-8-11-16(17)19)13-20-18(2,3)4/h8,10-11,14,20H,5-7,9,12-13H2,1-4H3. The minimum atomic E-state index is -0.0861. The van der Waals surface area contributed by atoms with Crippen molar-refractivity contribution >= 4 is 5.69 Å². The number of rotatable bonds is 3. The van der Waals surface area contributed by atoms with Gasteiger partial charge in [-0.2, -0.15) is 0 Å². The third-order valence-electron chi connectivity index (χ3n) is 4.22. The Morgan fingerprint density at radius 3 is 2.71 bits per heavy atom. The number of nitrogens with zero attached hydrogens (tertiary/aromatic N) is 1. The minimum absolute atomic E-state index is 0.0357. The zero-order valence-corrected chi connectivity index (χ0v) is 13.9. The van der Waals surface area contributed by atoms with Gasteiger partial charge < -0.3 is 10.2 Å². The van der Waals surface area contributed by atoms with Gasteiger partial charge in [-0.1, -0.05) is 25.0 Å². The highest BCUT2D eigenvalue weighted by Crippen LogP contribution is 2.30. The van der Waals surface area contributed by atoms with E-state index in [9.17, 15) is 4.39 Å². The van der Waals surface area contributed by atoms with E-state index in [2.05, 4.69) is 44.0 Å². The molecule has 1 heterocycles. The summed E-state index contributed by atoms with van der Waals surface area (Å²) in [6.45, 7) is 10.3. The van der Waals surface area contributed by atoms with Crippen LogP contribution in [0, 0.1) is 5.82 Å². The molecule has 3 heteroatoms. The molecule has 0 aliphatic carbocycles. The lowest BCUT2D eigenvalue weighted by atomic mass is 10.1. The van der Waals surface area contributed by atoms with Crippen LogP contribution >= 0.6 is 0 Å². The van der Waals surface area contributed by atoms with Crippen LogP contribution in [-0.4, -0.2) is 18.1 Å². The first-order valence-electron chi connectivity index (χ1n) is 8.17. The second-order valence-electron chi connectivity index (χ2n) is 7.24. The predicted molar refractivity (Wildman–Crippen MR) is 88.3 cm³/mol. The second kappa shape index (κ2) is 6.78. The summed E-state index contributed by atoms with van der Waals surface area (Å²) in [6.07, 6.45) is 4.82. The van der Waals surface area contributed by atoms with Crippen LogP contribution in [0.4, 0.5) is 10.1 Å². The summed E-state index contributed by atoms with van der Waals surface area (Å²) in [7, 11) is 0. The Balaban J connectivity index is 2.28. The van der Waals surface area contributed by atoms with Gasteiger partial charge in [0, 0.05) is 24.7 Å². The molecule has 1 aliphatic rings. The average Bonchev–Trinajstić information content (AvgIpc) is 2.60. The van der Waals surface area contributed by atoms with Gasteiger partial charge in [-0.05, 0) is 52.2 Å². The maximum atomic E-state index is 14.5. The van der Waals surface area contributed by atoms with E-state index in [-0.39, 0.29) is 11.4 Å². The van der Waals surface area contributed by atoms with Gasteiger partial charge in [0.25, 0.3) is 0 Å². The van der Waals surface area contributed by atoms with E-state index >= 15 is 0 Å². The molecule has 1 saturated heterocycles. The lowest BCUT2D eigenvalue weighted by Gasteiger charge is -2.32. The molecule has 1 fully saturated rings. The van der Waals surface area contributed by atoms with E-state index in [4.69, 9.17) is 0 Å². The van der Waals surface area contributed by atoms with E-state index in [1.807, 2.05) is 6.07 Å². The van der Waals surface area contributed by atoms with Gasteiger partial charge in [-0.25, -0.2) is 4.39 Å². The maximum Gasteiger partial charge on any atom is 0.146 e. The lowest BCUT2D eigenvalue weighted by Crippen LogP contribution is -2.37. The Bertz CT molecular complexity index is 465. The van der Waals surface area contributed by atoms with Gasteiger partial charge in [-0.3, -0.25) is 0 Å². The van der Waals surface area contributed by atoms with Gasteiger partial charge in [0.15, 0.2) is 0 Å². The van der Waals surface area contributed by atoms with Crippen molar-refractivity contribution in [2.75, 3.05) is 11.4 Å². The average molecular weight is 292 g/mol. The summed E-state index contributed by atoms with van der Waals surface area (Å²) in [5.41, 5.74) is 1.91. The van der Waals surface area contributed by atoms with Crippen LogP contribution in [-0.2, 0) is 6.54 Å². The molecule has 0 amide bonds. The summed E-state index contributed by atoms with van der Waals surface area (Å²) in [5.74, 6) is -0.0861. The van der Waals surface area contributed by atoms with Crippen molar-refractivity contribution in [2.45, 2.75) is 71.5 Å². The molecule has 1 N–H and O–H groups in total. The Labute approximate surface area is 128 Å². The van der Waals surface area contributed by atoms with Crippen LogP contribution in [0.3, 0.4) is 0 Å². The fourth-order valence-electron chi connectivity index (χ4n) is 2.99.